The molecule has 0 radical (unpaired) electrons. The third-order valence-corrected chi connectivity index (χ3v) is 2.94. The summed E-state index contributed by atoms with van der Waals surface area (Å²) in [6.07, 6.45) is 3.40. The molecular formula is C12H16F3NS. The van der Waals surface area contributed by atoms with E-state index >= 15 is 0 Å². The molecule has 1 nitrogen and oxygen atoms in total. The Hall–Kier alpha value is -0.840. The second-order valence-corrected chi connectivity index (χ2v) is 4.84. The fourth-order valence-electron chi connectivity index (χ4n) is 1.38. The summed E-state index contributed by atoms with van der Waals surface area (Å²) in [4.78, 5) is 0.219. The van der Waals surface area contributed by atoms with Gasteiger partial charge in [0, 0.05) is 17.1 Å². The molecule has 17 heavy (non-hydrogen) atoms. The predicted octanol–water partition coefficient (Wildman–Crippen LogP) is 4.90. The Morgan fingerprint density at radius 1 is 1.12 bits per heavy atom. The number of anilines is 1. The van der Waals surface area contributed by atoms with E-state index in [1.165, 1.54) is 12.1 Å². The Kier molecular flexibility index (Phi) is 5.68. The third-order valence-electron chi connectivity index (χ3n) is 2.20. The molecule has 1 aromatic rings. The first-order valence-electron chi connectivity index (χ1n) is 5.61. The highest BCUT2D eigenvalue weighted by Crippen LogP contribution is 2.36. The minimum Gasteiger partial charge on any atom is -0.385 e. The van der Waals surface area contributed by atoms with Crippen molar-refractivity contribution in [3.8, 4) is 0 Å². The van der Waals surface area contributed by atoms with Crippen LogP contribution in [0, 0.1) is 0 Å². The lowest BCUT2D eigenvalue weighted by atomic mass is 10.2. The summed E-state index contributed by atoms with van der Waals surface area (Å²) in [5.41, 5.74) is -3.34. The second-order valence-electron chi connectivity index (χ2n) is 3.71. The van der Waals surface area contributed by atoms with Crippen LogP contribution in [0.1, 0.15) is 26.2 Å². The van der Waals surface area contributed by atoms with Crippen molar-refractivity contribution in [2.24, 2.45) is 0 Å². The molecule has 1 N–H and O–H groups in total. The average Bonchev–Trinajstić information content (AvgIpc) is 2.25. The van der Waals surface area contributed by atoms with Crippen molar-refractivity contribution in [2.45, 2.75) is 36.6 Å². The molecule has 0 saturated carbocycles. The minimum absolute atomic E-state index is 0.0864. The molecular weight excluding hydrogens is 247 g/mol. The zero-order valence-corrected chi connectivity index (χ0v) is 10.5. The Balaban J connectivity index is 2.39. The lowest BCUT2D eigenvalue weighted by molar-refractivity contribution is -0.0328. The Morgan fingerprint density at radius 2 is 1.76 bits per heavy atom. The fourth-order valence-corrected chi connectivity index (χ4v) is 1.92. The van der Waals surface area contributed by atoms with Crippen LogP contribution >= 0.6 is 11.8 Å². The quantitative estimate of drug-likeness (QED) is 0.578. The first-order chi connectivity index (χ1) is 8.01. The molecule has 1 aromatic carbocycles. The Bertz CT molecular complexity index is 322. The summed E-state index contributed by atoms with van der Waals surface area (Å²) in [6, 6.07) is 6.33. The molecule has 0 spiro atoms. The van der Waals surface area contributed by atoms with Crippen LogP contribution in [0.3, 0.4) is 0 Å². The molecule has 5 heteroatoms. The summed E-state index contributed by atoms with van der Waals surface area (Å²) < 4.78 is 36.2. The Morgan fingerprint density at radius 3 is 2.29 bits per heavy atom. The number of nitrogens with one attached hydrogen (secondary N) is 1. The molecule has 0 bridgehead atoms. The minimum atomic E-state index is -4.21. The molecule has 0 atom stereocenters. The number of benzene rings is 1. The number of alkyl halides is 3. The van der Waals surface area contributed by atoms with Gasteiger partial charge in [-0.05, 0) is 42.4 Å². The molecule has 0 amide bonds. The SMILES string of the molecule is CCCCCNc1ccc(SC(F)(F)F)cc1. The van der Waals surface area contributed by atoms with Crippen molar-refractivity contribution < 1.29 is 13.2 Å². The van der Waals surface area contributed by atoms with Gasteiger partial charge in [-0.25, -0.2) is 0 Å². The van der Waals surface area contributed by atoms with Crippen LogP contribution in [-0.4, -0.2) is 12.1 Å². The average molecular weight is 263 g/mol. The summed E-state index contributed by atoms with van der Waals surface area (Å²) in [6.45, 7) is 2.99. The lowest BCUT2D eigenvalue weighted by Crippen LogP contribution is -2.01. The third kappa shape index (κ3) is 6.46. The molecule has 0 aliphatic rings. The fraction of sp³-hybridized carbons (Fsp3) is 0.500. The van der Waals surface area contributed by atoms with Gasteiger partial charge < -0.3 is 5.32 Å². The zero-order chi connectivity index (χ0) is 12.7. The highest BCUT2D eigenvalue weighted by atomic mass is 32.2. The normalized spacial score (nSPS) is 11.5. The van der Waals surface area contributed by atoms with Gasteiger partial charge in [0.05, 0.1) is 0 Å². The van der Waals surface area contributed by atoms with E-state index in [4.69, 9.17) is 0 Å². The molecule has 0 aliphatic carbocycles. The number of halogens is 3. The molecule has 0 unspecified atom stereocenters. The molecule has 0 heterocycles. The largest absolute Gasteiger partial charge is 0.446 e. The molecule has 0 fully saturated rings. The number of rotatable bonds is 6. The van der Waals surface area contributed by atoms with Gasteiger partial charge in [0.15, 0.2) is 0 Å². The van der Waals surface area contributed by atoms with Gasteiger partial charge in [0.25, 0.3) is 0 Å². The van der Waals surface area contributed by atoms with Crippen molar-refractivity contribution in [3.63, 3.8) is 0 Å². The van der Waals surface area contributed by atoms with Crippen molar-refractivity contribution in [2.75, 3.05) is 11.9 Å². The van der Waals surface area contributed by atoms with Gasteiger partial charge in [-0.2, -0.15) is 13.2 Å². The van der Waals surface area contributed by atoms with E-state index in [9.17, 15) is 13.2 Å². The van der Waals surface area contributed by atoms with E-state index < -0.39 is 5.51 Å². The van der Waals surface area contributed by atoms with Crippen LogP contribution in [0.2, 0.25) is 0 Å². The van der Waals surface area contributed by atoms with Gasteiger partial charge in [0.1, 0.15) is 0 Å². The molecule has 96 valence electrons. The van der Waals surface area contributed by atoms with Crippen LogP contribution in [0.4, 0.5) is 18.9 Å². The van der Waals surface area contributed by atoms with Crippen LogP contribution < -0.4 is 5.32 Å². The summed E-state index contributed by atoms with van der Waals surface area (Å²) >= 11 is -0.0864. The zero-order valence-electron chi connectivity index (χ0n) is 9.68. The first kappa shape index (κ1) is 14.2. The highest BCUT2D eigenvalue weighted by molar-refractivity contribution is 8.00. The van der Waals surface area contributed by atoms with Gasteiger partial charge >= 0.3 is 5.51 Å². The van der Waals surface area contributed by atoms with Crippen LogP contribution in [0.5, 0.6) is 0 Å². The standard InChI is InChI=1S/C12H16F3NS/c1-2-3-4-9-16-10-5-7-11(8-6-10)17-12(13,14)15/h5-8,16H,2-4,9H2,1H3. The van der Waals surface area contributed by atoms with Gasteiger partial charge in [0.2, 0.25) is 0 Å². The highest BCUT2D eigenvalue weighted by Gasteiger charge is 2.28. The van der Waals surface area contributed by atoms with Crippen molar-refractivity contribution >= 4 is 17.4 Å². The van der Waals surface area contributed by atoms with E-state index in [-0.39, 0.29) is 16.7 Å². The van der Waals surface area contributed by atoms with Crippen LogP contribution in [0.15, 0.2) is 29.2 Å². The van der Waals surface area contributed by atoms with Crippen molar-refractivity contribution in [1.82, 2.24) is 0 Å². The molecule has 0 aromatic heterocycles. The molecule has 1 rings (SSSR count). The summed E-state index contributed by atoms with van der Waals surface area (Å²) in [5, 5.41) is 3.18. The van der Waals surface area contributed by atoms with Crippen molar-refractivity contribution in [1.29, 1.82) is 0 Å². The van der Waals surface area contributed by atoms with Gasteiger partial charge in [-0.1, -0.05) is 19.8 Å². The van der Waals surface area contributed by atoms with Crippen molar-refractivity contribution in [3.05, 3.63) is 24.3 Å². The van der Waals surface area contributed by atoms with E-state index in [2.05, 4.69) is 12.2 Å². The van der Waals surface area contributed by atoms with Crippen LogP contribution in [-0.2, 0) is 0 Å². The Labute approximate surface area is 104 Å². The lowest BCUT2D eigenvalue weighted by Gasteiger charge is -2.08. The number of hydrogen-bond acceptors (Lipinski definition) is 2. The smallest absolute Gasteiger partial charge is 0.385 e. The number of unbranched alkanes of at least 4 members (excludes halogenated alkanes) is 2. The van der Waals surface area contributed by atoms with Gasteiger partial charge in [-0.15, -0.1) is 0 Å². The van der Waals surface area contributed by atoms with E-state index in [1.807, 2.05) is 0 Å². The topological polar surface area (TPSA) is 12.0 Å². The molecule has 0 aliphatic heterocycles. The predicted molar refractivity (Wildman–Crippen MR) is 66.4 cm³/mol. The second kappa shape index (κ2) is 6.79. The monoisotopic (exact) mass is 263 g/mol. The maximum absolute atomic E-state index is 12.1. The maximum Gasteiger partial charge on any atom is 0.446 e. The number of hydrogen-bond donors (Lipinski definition) is 1. The van der Waals surface area contributed by atoms with Crippen LogP contribution in [0.25, 0.3) is 0 Å². The van der Waals surface area contributed by atoms with E-state index in [0.717, 1.165) is 31.5 Å². The van der Waals surface area contributed by atoms with E-state index in [1.54, 1.807) is 12.1 Å². The first-order valence-corrected chi connectivity index (χ1v) is 6.42. The summed E-state index contributed by atoms with van der Waals surface area (Å²) in [7, 11) is 0. The van der Waals surface area contributed by atoms with Gasteiger partial charge in [-0.3, -0.25) is 0 Å². The molecule has 0 saturated heterocycles. The van der Waals surface area contributed by atoms with E-state index in [0.29, 0.717) is 0 Å². The summed E-state index contributed by atoms with van der Waals surface area (Å²) in [5.74, 6) is 0. The number of thioether (sulfide) groups is 1. The maximum atomic E-state index is 12.1.